The van der Waals surface area contributed by atoms with E-state index in [-0.39, 0.29) is 18.1 Å². The molecule has 0 amide bonds. The lowest BCUT2D eigenvalue weighted by Gasteiger charge is -2.38. The number of hydrogen-bond donors (Lipinski definition) is 0. The Hall–Kier alpha value is -2.52. The Morgan fingerprint density at radius 2 is 1.29 bits per heavy atom. The van der Waals surface area contributed by atoms with E-state index in [0.717, 1.165) is 49.7 Å². The van der Waals surface area contributed by atoms with Gasteiger partial charge in [-0.05, 0) is 79.9 Å². The molecule has 2 aromatic rings. The van der Waals surface area contributed by atoms with Crippen molar-refractivity contribution < 1.29 is 44.6 Å². The van der Waals surface area contributed by atoms with Crippen LogP contribution in [0.5, 0.6) is 11.5 Å². The minimum atomic E-state index is -5.40. The summed E-state index contributed by atoms with van der Waals surface area (Å²) in [6.45, 7) is 2.22. The molecule has 0 spiro atoms. The van der Waals surface area contributed by atoms with Crippen LogP contribution in [0.1, 0.15) is 101 Å². The zero-order valence-corrected chi connectivity index (χ0v) is 23.0. The fourth-order valence-electron chi connectivity index (χ4n) is 6.59. The molecule has 0 aliphatic heterocycles. The van der Waals surface area contributed by atoms with Crippen molar-refractivity contribution >= 4 is 0 Å². The van der Waals surface area contributed by atoms with E-state index in [2.05, 4.69) is 16.4 Å². The van der Waals surface area contributed by atoms with Gasteiger partial charge in [0.05, 0.1) is 5.56 Å². The van der Waals surface area contributed by atoms with Crippen LogP contribution in [-0.2, 0) is 6.11 Å². The molecule has 0 heterocycles. The average molecular weight is 593 g/mol. The van der Waals surface area contributed by atoms with Gasteiger partial charge in [-0.25, -0.2) is 13.2 Å². The number of rotatable bonds is 10. The Balaban J connectivity index is 1.34. The Labute approximate surface area is 235 Å². The Bertz CT molecular complexity index is 1130. The van der Waals surface area contributed by atoms with Crippen LogP contribution in [0.4, 0.5) is 35.1 Å². The molecule has 2 aliphatic rings. The maximum atomic E-state index is 14.9. The smallest absolute Gasteiger partial charge is 0.429 e. The standard InChI is InChI=1S/C31H36F8O2/c1-2-3-4-5-19-6-8-20(9-7-19)21-10-12-22(13-11-21)23-14-15-25(26(32)16-23)30(35,36)40-24-17-27(33)29(28(34)18-24)41-31(37,38)39/h14-22H,2-13H2,1H3. The van der Waals surface area contributed by atoms with E-state index in [1.807, 2.05) is 0 Å². The molecule has 0 unspecified atom stereocenters. The largest absolute Gasteiger partial charge is 0.573 e. The molecule has 2 aromatic carbocycles. The molecule has 0 N–H and O–H groups in total. The summed E-state index contributed by atoms with van der Waals surface area (Å²) in [5, 5.41) is 0. The van der Waals surface area contributed by atoms with Crippen molar-refractivity contribution in [2.24, 2.45) is 17.8 Å². The molecule has 0 atom stereocenters. The number of benzene rings is 2. The van der Waals surface area contributed by atoms with Crippen LogP contribution in [0.15, 0.2) is 30.3 Å². The van der Waals surface area contributed by atoms with Crippen molar-refractivity contribution in [1.29, 1.82) is 0 Å². The number of alkyl halides is 5. The van der Waals surface area contributed by atoms with Crippen LogP contribution in [0, 0.1) is 35.2 Å². The van der Waals surface area contributed by atoms with Gasteiger partial charge in [0.2, 0.25) is 5.75 Å². The quantitative estimate of drug-likeness (QED) is 0.202. The fourth-order valence-corrected chi connectivity index (χ4v) is 6.59. The highest BCUT2D eigenvalue weighted by atomic mass is 19.4. The minimum absolute atomic E-state index is 0.0408. The first-order valence-electron chi connectivity index (χ1n) is 14.5. The van der Waals surface area contributed by atoms with Gasteiger partial charge in [-0.2, -0.15) is 8.78 Å². The maximum absolute atomic E-state index is 14.9. The van der Waals surface area contributed by atoms with Gasteiger partial charge >= 0.3 is 12.5 Å². The molecule has 2 fully saturated rings. The van der Waals surface area contributed by atoms with Gasteiger partial charge in [-0.1, -0.05) is 51.5 Å². The van der Waals surface area contributed by atoms with Crippen LogP contribution in [-0.4, -0.2) is 6.36 Å². The van der Waals surface area contributed by atoms with Gasteiger partial charge < -0.3 is 9.47 Å². The Morgan fingerprint density at radius 1 is 0.707 bits per heavy atom. The summed E-state index contributed by atoms with van der Waals surface area (Å²) in [4.78, 5) is 0. The molecule has 228 valence electrons. The molecular weight excluding hydrogens is 556 g/mol. The van der Waals surface area contributed by atoms with Gasteiger partial charge in [-0.15, -0.1) is 13.2 Å². The summed E-state index contributed by atoms with van der Waals surface area (Å²) in [5.74, 6) is -5.74. The summed E-state index contributed by atoms with van der Waals surface area (Å²) in [5.41, 5.74) is -0.548. The molecule has 0 saturated heterocycles. The third-order valence-corrected chi connectivity index (χ3v) is 8.76. The van der Waals surface area contributed by atoms with Crippen molar-refractivity contribution in [2.75, 3.05) is 0 Å². The summed E-state index contributed by atoms with van der Waals surface area (Å²) in [7, 11) is 0. The lowest BCUT2D eigenvalue weighted by molar-refractivity contribution is -0.276. The highest BCUT2D eigenvalue weighted by Gasteiger charge is 2.40. The fraction of sp³-hybridized carbons (Fsp3) is 0.613. The van der Waals surface area contributed by atoms with Crippen molar-refractivity contribution in [2.45, 2.75) is 102 Å². The van der Waals surface area contributed by atoms with E-state index in [9.17, 15) is 35.1 Å². The zero-order valence-electron chi connectivity index (χ0n) is 23.0. The summed E-state index contributed by atoms with van der Waals surface area (Å²) >= 11 is 0. The molecule has 2 saturated carbocycles. The first-order valence-corrected chi connectivity index (χ1v) is 14.5. The van der Waals surface area contributed by atoms with Gasteiger partial charge in [0.25, 0.3) is 0 Å². The lowest BCUT2D eigenvalue weighted by Crippen LogP contribution is -2.26. The van der Waals surface area contributed by atoms with Gasteiger partial charge in [0.1, 0.15) is 11.6 Å². The van der Waals surface area contributed by atoms with Crippen LogP contribution < -0.4 is 9.47 Å². The number of unbranched alkanes of at least 4 members (excludes halogenated alkanes) is 2. The average Bonchev–Trinajstić information content (AvgIpc) is 2.90. The van der Waals surface area contributed by atoms with Crippen molar-refractivity contribution in [1.82, 2.24) is 0 Å². The normalized spacial score (nSPS) is 23.8. The van der Waals surface area contributed by atoms with E-state index in [4.69, 9.17) is 0 Å². The monoisotopic (exact) mass is 592 g/mol. The number of halogens is 8. The van der Waals surface area contributed by atoms with E-state index >= 15 is 0 Å². The minimum Gasteiger partial charge on any atom is -0.429 e. The predicted octanol–water partition coefficient (Wildman–Crippen LogP) is 10.8. The highest BCUT2D eigenvalue weighted by molar-refractivity contribution is 5.36. The third kappa shape index (κ3) is 8.28. The second-order valence-corrected chi connectivity index (χ2v) is 11.5. The van der Waals surface area contributed by atoms with Crippen molar-refractivity contribution in [3.63, 3.8) is 0 Å². The third-order valence-electron chi connectivity index (χ3n) is 8.76. The molecular formula is C31H36F8O2. The van der Waals surface area contributed by atoms with Crippen molar-refractivity contribution in [3.8, 4) is 11.5 Å². The van der Waals surface area contributed by atoms with Crippen LogP contribution in [0.2, 0.25) is 0 Å². The molecule has 10 heteroatoms. The topological polar surface area (TPSA) is 18.5 Å². The molecule has 2 nitrogen and oxygen atoms in total. The second-order valence-electron chi connectivity index (χ2n) is 11.5. The van der Waals surface area contributed by atoms with Crippen molar-refractivity contribution in [3.05, 3.63) is 58.9 Å². The zero-order chi connectivity index (χ0) is 29.8. The predicted molar refractivity (Wildman–Crippen MR) is 138 cm³/mol. The van der Waals surface area contributed by atoms with Crippen LogP contribution >= 0.6 is 0 Å². The lowest BCUT2D eigenvalue weighted by atomic mass is 9.68. The van der Waals surface area contributed by atoms with Gasteiger partial charge in [-0.3, -0.25) is 0 Å². The number of ether oxygens (including phenoxy) is 2. The van der Waals surface area contributed by atoms with E-state index in [0.29, 0.717) is 11.5 Å². The van der Waals surface area contributed by atoms with Gasteiger partial charge in [0.15, 0.2) is 11.6 Å². The van der Waals surface area contributed by atoms with E-state index in [1.54, 1.807) is 0 Å². The van der Waals surface area contributed by atoms with E-state index < -0.39 is 47.0 Å². The molecule has 41 heavy (non-hydrogen) atoms. The first-order chi connectivity index (χ1) is 19.4. The SMILES string of the molecule is CCCCCC1CCC(C2CCC(c3ccc(C(F)(F)Oc4cc(F)c(OC(F)(F)F)c(F)c4)c(F)c3)CC2)CC1. The Morgan fingerprint density at radius 3 is 1.83 bits per heavy atom. The Kier molecular flexibility index (Phi) is 10.1. The molecule has 0 radical (unpaired) electrons. The number of hydrogen-bond acceptors (Lipinski definition) is 2. The summed E-state index contributed by atoms with van der Waals surface area (Å²) in [6.07, 6.45) is 4.27. The van der Waals surface area contributed by atoms with Gasteiger partial charge in [0, 0.05) is 12.1 Å². The van der Waals surface area contributed by atoms with Crippen LogP contribution in [0.3, 0.4) is 0 Å². The molecule has 0 aromatic heterocycles. The van der Waals surface area contributed by atoms with E-state index in [1.165, 1.54) is 57.4 Å². The molecule has 4 rings (SSSR count). The summed E-state index contributed by atoms with van der Waals surface area (Å²) in [6, 6.07) is 3.55. The molecule has 2 aliphatic carbocycles. The maximum Gasteiger partial charge on any atom is 0.573 e. The van der Waals surface area contributed by atoms with Crippen LogP contribution in [0.25, 0.3) is 0 Å². The second kappa shape index (κ2) is 13.2. The highest BCUT2D eigenvalue weighted by Crippen LogP contribution is 2.45. The molecule has 0 bridgehead atoms. The first kappa shape index (κ1) is 31.4. The summed E-state index contributed by atoms with van der Waals surface area (Å²) < 4.78 is 117.